The summed E-state index contributed by atoms with van der Waals surface area (Å²) >= 11 is 0. The lowest BCUT2D eigenvalue weighted by Crippen LogP contribution is -2.44. The number of esters is 1. The Bertz CT molecular complexity index is 502. The fourth-order valence-electron chi connectivity index (χ4n) is 2.45. The van der Waals surface area contributed by atoms with Crippen molar-refractivity contribution in [3.05, 3.63) is 29.8 Å². The van der Waals surface area contributed by atoms with E-state index < -0.39 is 0 Å². The van der Waals surface area contributed by atoms with E-state index in [-0.39, 0.29) is 17.9 Å². The molecule has 1 aromatic rings. The molecule has 0 radical (unpaired) electrons. The van der Waals surface area contributed by atoms with Crippen LogP contribution < -0.4 is 5.32 Å². The van der Waals surface area contributed by atoms with E-state index in [1.54, 1.807) is 4.90 Å². The molecular formula is C15H20N2O3. The number of benzene rings is 1. The van der Waals surface area contributed by atoms with Crippen LogP contribution in [0.25, 0.3) is 0 Å². The Labute approximate surface area is 118 Å². The number of likely N-dealkylation sites (tertiary alicyclic amines) is 1. The number of amides is 2. The number of rotatable bonds is 2. The number of carbonyl (C=O) groups excluding carboxylic acids is 2. The van der Waals surface area contributed by atoms with Gasteiger partial charge in [-0.3, -0.25) is 4.79 Å². The van der Waals surface area contributed by atoms with Gasteiger partial charge in [-0.1, -0.05) is 12.1 Å². The number of hydrogen-bond donors (Lipinski definition) is 1. The summed E-state index contributed by atoms with van der Waals surface area (Å²) in [5, 5.41) is 2.86. The van der Waals surface area contributed by atoms with Crippen LogP contribution in [-0.4, -0.2) is 37.1 Å². The highest BCUT2D eigenvalue weighted by atomic mass is 16.5. The minimum atomic E-state index is -0.238. The van der Waals surface area contributed by atoms with E-state index in [0.717, 1.165) is 24.1 Å². The minimum Gasteiger partial charge on any atom is -0.469 e. The fourth-order valence-corrected chi connectivity index (χ4v) is 2.45. The van der Waals surface area contributed by atoms with Crippen LogP contribution in [0.1, 0.15) is 18.4 Å². The topological polar surface area (TPSA) is 58.6 Å². The number of nitrogens with one attached hydrogen (secondary N) is 1. The molecule has 20 heavy (non-hydrogen) atoms. The zero-order valence-electron chi connectivity index (χ0n) is 11.9. The van der Waals surface area contributed by atoms with Gasteiger partial charge in [-0.2, -0.15) is 0 Å². The van der Waals surface area contributed by atoms with E-state index in [2.05, 4.69) is 5.32 Å². The summed E-state index contributed by atoms with van der Waals surface area (Å²) in [6.45, 7) is 3.07. The lowest BCUT2D eigenvalue weighted by atomic mass is 9.98. The number of ether oxygens (including phenoxy) is 1. The maximum Gasteiger partial charge on any atom is 0.321 e. The second kappa shape index (κ2) is 6.41. The standard InChI is InChI=1S/C15H20N2O3/c1-11-5-3-7-13(9-11)16-15(19)17-8-4-6-12(10-17)14(18)20-2/h3,5,7,9,12H,4,6,8,10H2,1-2H3,(H,16,19). The number of anilines is 1. The molecule has 0 aliphatic carbocycles. The average Bonchev–Trinajstić information content (AvgIpc) is 2.46. The first-order chi connectivity index (χ1) is 9.60. The second-order valence-corrected chi connectivity index (χ2v) is 5.11. The Morgan fingerprint density at radius 3 is 2.90 bits per heavy atom. The molecule has 1 N–H and O–H groups in total. The monoisotopic (exact) mass is 276 g/mol. The van der Waals surface area contributed by atoms with E-state index in [1.807, 2.05) is 31.2 Å². The van der Waals surface area contributed by atoms with Gasteiger partial charge < -0.3 is 15.0 Å². The fraction of sp³-hybridized carbons (Fsp3) is 0.467. The van der Waals surface area contributed by atoms with Crippen LogP contribution in [0.15, 0.2) is 24.3 Å². The molecule has 1 aliphatic rings. The van der Waals surface area contributed by atoms with Gasteiger partial charge >= 0.3 is 12.0 Å². The Hall–Kier alpha value is -2.04. The van der Waals surface area contributed by atoms with Gasteiger partial charge in [0, 0.05) is 18.8 Å². The summed E-state index contributed by atoms with van der Waals surface area (Å²) in [6.07, 6.45) is 1.60. The number of nitrogens with zero attached hydrogens (tertiary/aromatic N) is 1. The summed E-state index contributed by atoms with van der Waals surface area (Å²) in [5.74, 6) is -0.449. The Morgan fingerprint density at radius 1 is 1.40 bits per heavy atom. The number of methoxy groups -OCH3 is 1. The van der Waals surface area contributed by atoms with Crippen molar-refractivity contribution in [3.8, 4) is 0 Å². The maximum absolute atomic E-state index is 12.2. The lowest BCUT2D eigenvalue weighted by molar-refractivity contribution is -0.146. The van der Waals surface area contributed by atoms with Gasteiger partial charge in [-0.05, 0) is 37.5 Å². The lowest BCUT2D eigenvalue weighted by Gasteiger charge is -2.31. The molecule has 5 heteroatoms. The quantitative estimate of drug-likeness (QED) is 0.844. The highest BCUT2D eigenvalue weighted by Crippen LogP contribution is 2.19. The summed E-state index contributed by atoms with van der Waals surface area (Å²) in [5.41, 5.74) is 1.86. The SMILES string of the molecule is COC(=O)C1CCCN(C(=O)Nc2cccc(C)c2)C1. The zero-order chi connectivity index (χ0) is 14.5. The largest absolute Gasteiger partial charge is 0.469 e. The van der Waals surface area contributed by atoms with Gasteiger partial charge in [0.15, 0.2) is 0 Å². The van der Waals surface area contributed by atoms with Crippen molar-refractivity contribution in [2.75, 3.05) is 25.5 Å². The van der Waals surface area contributed by atoms with Gasteiger partial charge in [-0.25, -0.2) is 4.79 Å². The van der Waals surface area contributed by atoms with Gasteiger partial charge in [0.25, 0.3) is 0 Å². The van der Waals surface area contributed by atoms with Gasteiger partial charge in [0.1, 0.15) is 0 Å². The highest BCUT2D eigenvalue weighted by molar-refractivity contribution is 5.89. The molecule has 0 spiro atoms. The third kappa shape index (κ3) is 3.50. The molecule has 5 nitrogen and oxygen atoms in total. The number of carbonyl (C=O) groups is 2. The van der Waals surface area contributed by atoms with Crippen LogP contribution in [0.5, 0.6) is 0 Å². The van der Waals surface area contributed by atoms with Crippen molar-refractivity contribution >= 4 is 17.7 Å². The summed E-state index contributed by atoms with van der Waals surface area (Å²) in [4.78, 5) is 25.4. The van der Waals surface area contributed by atoms with Crippen molar-refractivity contribution < 1.29 is 14.3 Å². The zero-order valence-corrected chi connectivity index (χ0v) is 11.9. The van der Waals surface area contributed by atoms with Gasteiger partial charge in [-0.15, -0.1) is 0 Å². The molecule has 1 heterocycles. The van der Waals surface area contributed by atoms with E-state index in [1.165, 1.54) is 7.11 Å². The molecule has 1 atom stereocenters. The number of aryl methyl sites for hydroxylation is 1. The van der Waals surface area contributed by atoms with Crippen LogP contribution in [-0.2, 0) is 9.53 Å². The molecule has 1 aliphatic heterocycles. The molecule has 1 fully saturated rings. The molecule has 0 bridgehead atoms. The number of piperidine rings is 1. The van der Waals surface area contributed by atoms with Gasteiger partial charge in [0.05, 0.1) is 13.0 Å². The molecule has 1 unspecified atom stereocenters. The highest BCUT2D eigenvalue weighted by Gasteiger charge is 2.28. The van der Waals surface area contributed by atoms with Crippen molar-refractivity contribution in [1.29, 1.82) is 0 Å². The normalized spacial score (nSPS) is 18.5. The minimum absolute atomic E-state index is 0.163. The van der Waals surface area contributed by atoms with Crippen molar-refractivity contribution in [1.82, 2.24) is 4.90 Å². The molecule has 2 amide bonds. The van der Waals surface area contributed by atoms with E-state index in [0.29, 0.717) is 13.1 Å². The van der Waals surface area contributed by atoms with Crippen LogP contribution >= 0.6 is 0 Å². The van der Waals surface area contributed by atoms with Crippen molar-refractivity contribution in [2.45, 2.75) is 19.8 Å². The molecule has 0 saturated carbocycles. The van der Waals surface area contributed by atoms with Crippen molar-refractivity contribution in [2.24, 2.45) is 5.92 Å². The second-order valence-electron chi connectivity index (χ2n) is 5.11. The van der Waals surface area contributed by atoms with E-state index in [9.17, 15) is 9.59 Å². The molecule has 0 aromatic heterocycles. The average molecular weight is 276 g/mol. The smallest absolute Gasteiger partial charge is 0.321 e. The third-order valence-corrected chi connectivity index (χ3v) is 3.51. The molecule has 1 saturated heterocycles. The first kappa shape index (κ1) is 14.4. The summed E-state index contributed by atoms with van der Waals surface area (Å²) in [7, 11) is 1.38. The first-order valence-electron chi connectivity index (χ1n) is 6.80. The molecular weight excluding hydrogens is 256 g/mol. The predicted molar refractivity (Wildman–Crippen MR) is 76.5 cm³/mol. The van der Waals surface area contributed by atoms with E-state index >= 15 is 0 Å². The first-order valence-corrected chi connectivity index (χ1v) is 6.80. The Balaban J connectivity index is 1.97. The number of urea groups is 1. The third-order valence-electron chi connectivity index (χ3n) is 3.51. The van der Waals surface area contributed by atoms with E-state index in [4.69, 9.17) is 4.74 Å². The molecule has 108 valence electrons. The van der Waals surface area contributed by atoms with Crippen LogP contribution in [0, 0.1) is 12.8 Å². The van der Waals surface area contributed by atoms with Crippen molar-refractivity contribution in [3.63, 3.8) is 0 Å². The Kier molecular flexibility index (Phi) is 4.61. The molecule has 1 aromatic carbocycles. The maximum atomic E-state index is 12.2. The van der Waals surface area contributed by atoms with Crippen LogP contribution in [0.3, 0.4) is 0 Å². The molecule has 2 rings (SSSR count). The van der Waals surface area contributed by atoms with Crippen LogP contribution in [0.4, 0.5) is 10.5 Å². The number of hydrogen-bond acceptors (Lipinski definition) is 3. The summed E-state index contributed by atoms with van der Waals surface area (Å²) in [6, 6.07) is 7.48. The Morgan fingerprint density at radius 2 is 2.20 bits per heavy atom. The van der Waals surface area contributed by atoms with Gasteiger partial charge in [0.2, 0.25) is 0 Å². The van der Waals surface area contributed by atoms with Crippen LogP contribution in [0.2, 0.25) is 0 Å². The predicted octanol–water partition coefficient (Wildman–Crippen LogP) is 2.41. The summed E-state index contributed by atoms with van der Waals surface area (Å²) < 4.78 is 4.75.